The SMILES string of the molecule is C[C@H](CN1CCOCC1)NC(=O)c1ccc(Cn2ccccc2=O)o1. The first-order valence-corrected chi connectivity index (χ1v) is 8.47. The number of morpholine rings is 1. The molecule has 1 N–H and O–H groups in total. The van der Waals surface area contributed by atoms with Crippen LogP contribution >= 0.6 is 0 Å². The van der Waals surface area contributed by atoms with Crippen molar-refractivity contribution in [1.82, 2.24) is 14.8 Å². The molecule has 0 aliphatic carbocycles. The molecule has 7 nitrogen and oxygen atoms in total. The average molecular weight is 345 g/mol. The normalized spacial score (nSPS) is 16.5. The summed E-state index contributed by atoms with van der Waals surface area (Å²) in [6.45, 7) is 6.30. The van der Waals surface area contributed by atoms with Gasteiger partial charge in [-0.25, -0.2) is 0 Å². The van der Waals surface area contributed by atoms with Crippen molar-refractivity contribution in [2.24, 2.45) is 0 Å². The van der Waals surface area contributed by atoms with E-state index in [1.54, 1.807) is 30.5 Å². The standard InChI is InChI=1S/C18H23N3O4/c1-14(12-20-8-10-24-11-9-20)19-18(23)16-6-5-15(25-16)13-21-7-3-2-4-17(21)22/h2-7,14H,8-13H2,1H3,(H,19,23)/t14-/m1/s1. The van der Waals surface area contributed by atoms with Gasteiger partial charge in [0.15, 0.2) is 5.76 Å². The fourth-order valence-corrected chi connectivity index (χ4v) is 2.86. The maximum absolute atomic E-state index is 12.3. The third-order valence-corrected chi connectivity index (χ3v) is 4.12. The quantitative estimate of drug-likeness (QED) is 0.843. The molecule has 1 amide bonds. The highest BCUT2D eigenvalue weighted by atomic mass is 16.5. The zero-order chi connectivity index (χ0) is 17.6. The van der Waals surface area contributed by atoms with Gasteiger partial charge in [-0.3, -0.25) is 14.5 Å². The second-order valence-electron chi connectivity index (χ2n) is 6.22. The molecule has 0 aromatic carbocycles. The molecule has 134 valence electrons. The van der Waals surface area contributed by atoms with Crippen molar-refractivity contribution in [2.75, 3.05) is 32.8 Å². The molecule has 2 aromatic heterocycles. The number of nitrogens with zero attached hydrogens (tertiary/aromatic N) is 2. The van der Waals surface area contributed by atoms with Gasteiger partial charge in [0.2, 0.25) is 0 Å². The van der Waals surface area contributed by atoms with E-state index in [1.165, 1.54) is 10.6 Å². The van der Waals surface area contributed by atoms with E-state index >= 15 is 0 Å². The maximum Gasteiger partial charge on any atom is 0.287 e. The van der Waals surface area contributed by atoms with Gasteiger partial charge in [0, 0.05) is 37.9 Å². The number of ether oxygens (including phenoxy) is 1. The number of carbonyl (C=O) groups excluding carboxylic acids is 1. The zero-order valence-corrected chi connectivity index (χ0v) is 14.3. The number of hydrogen-bond acceptors (Lipinski definition) is 5. The predicted molar refractivity (Wildman–Crippen MR) is 92.7 cm³/mol. The van der Waals surface area contributed by atoms with Crippen LogP contribution in [0.2, 0.25) is 0 Å². The Balaban J connectivity index is 1.55. The van der Waals surface area contributed by atoms with Gasteiger partial charge in [-0.15, -0.1) is 0 Å². The first-order chi connectivity index (χ1) is 12.1. The lowest BCUT2D eigenvalue weighted by Crippen LogP contribution is -2.45. The summed E-state index contributed by atoms with van der Waals surface area (Å²) in [4.78, 5) is 26.3. The van der Waals surface area contributed by atoms with E-state index in [1.807, 2.05) is 6.92 Å². The molecule has 1 fully saturated rings. The zero-order valence-electron chi connectivity index (χ0n) is 14.3. The van der Waals surface area contributed by atoms with Crippen LogP contribution in [0.25, 0.3) is 0 Å². The van der Waals surface area contributed by atoms with Crippen LogP contribution in [-0.2, 0) is 11.3 Å². The van der Waals surface area contributed by atoms with Crippen molar-refractivity contribution in [2.45, 2.75) is 19.5 Å². The lowest BCUT2D eigenvalue weighted by Gasteiger charge is -2.29. The van der Waals surface area contributed by atoms with Gasteiger partial charge in [0.1, 0.15) is 5.76 Å². The summed E-state index contributed by atoms with van der Waals surface area (Å²) in [6, 6.07) is 8.34. The van der Waals surface area contributed by atoms with Crippen LogP contribution < -0.4 is 10.9 Å². The van der Waals surface area contributed by atoms with Crippen molar-refractivity contribution in [3.63, 3.8) is 0 Å². The molecule has 1 saturated heterocycles. The average Bonchev–Trinajstić information content (AvgIpc) is 3.06. The van der Waals surface area contributed by atoms with Crippen molar-refractivity contribution >= 4 is 5.91 Å². The second kappa shape index (κ2) is 8.13. The van der Waals surface area contributed by atoms with Crippen LogP contribution in [0.3, 0.4) is 0 Å². The maximum atomic E-state index is 12.3. The summed E-state index contributed by atoms with van der Waals surface area (Å²) in [7, 11) is 0. The number of hydrogen-bond donors (Lipinski definition) is 1. The minimum atomic E-state index is -0.243. The molecular weight excluding hydrogens is 322 g/mol. The van der Waals surface area contributed by atoms with E-state index in [9.17, 15) is 9.59 Å². The Morgan fingerprint density at radius 1 is 1.24 bits per heavy atom. The monoisotopic (exact) mass is 345 g/mol. The molecule has 7 heteroatoms. The van der Waals surface area contributed by atoms with Crippen molar-refractivity contribution in [3.8, 4) is 0 Å². The molecule has 3 rings (SSSR count). The van der Waals surface area contributed by atoms with Crippen molar-refractivity contribution < 1.29 is 13.9 Å². The Morgan fingerprint density at radius 2 is 2.04 bits per heavy atom. The topological polar surface area (TPSA) is 76.7 Å². The lowest BCUT2D eigenvalue weighted by molar-refractivity contribution is 0.0341. The van der Waals surface area contributed by atoms with Gasteiger partial charge in [0.05, 0.1) is 19.8 Å². The fraction of sp³-hybridized carbons (Fsp3) is 0.444. The molecule has 2 aromatic rings. The van der Waals surface area contributed by atoms with Crippen LogP contribution in [0.1, 0.15) is 23.2 Å². The van der Waals surface area contributed by atoms with E-state index in [2.05, 4.69) is 10.2 Å². The fourth-order valence-electron chi connectivity index (χ4n) is 2.86. The van der Waals surface area contributed by atoms with Crippen LogP contribution in [0, 0.1) is 0 Å². The van der Waals surface area contributed by atoms with E-state index in [4.69, 9.17) is 9.15 Å². The van der Waals surface area contributed by atoms with E-state index in [-0.39, 0.29) is 23.3 Å². The minimum Gasteiger partial charge on any atom is -0.454 e. The second-order valence-corrected chi connectivity index (χ2v) is 6.22. The predicted octanol–water partition coefficient (Wildman–Crippen LogP) is 0.940. The van der Waals surface area contributed by atoms with Crippen molar-refractivity contribution in [3.05, 3.63) is 58.4 Å². The summed E-state index contributed by atoms with van der Waals surface area (Å²) < 4.78 is 12.4. The van der Waals surface area contributed by atoms with Crippen LogP contribution in [0.15, 0.2) is 45.7 Å². The number of carbonyl (C=O) groups is 1. The Bertz CT molecular complexity index is 761. The van der Waals surface area contributed by atoms with Crippen LogP contribution in [0.4, 0.5) is 0 Å². The third-order valence-electron chi connectivity index (χ3n) is 4.12. The van der Waals surface area contributed by atoms with Gasteiger partial charge in [-0.1, -0.05) is 6.07 Å². The minimum absolute atomic E-state index is 0.0101. The summed E-state index contributed by atoms with van der Waals surface area (Å²) in [5.41, 5.74) is -0.107. The van der Waals surface area contributed by atoms with E-state index < -0.39 is 0 Å². The number of rotatable bonds is 6. The summed E-state index contributed by atoms with van der Waals surface area (Å²) >= 11 is 0. The molecule has 1 atom stereocenters. The van der Waals surface area contributed by atoms with Gasteiger partial charge in [0.25, 0.3) is 11.5 Å². The number of aromatic nitrogens is 1. The first kappa shape index (κ1) is 17.4. The Labute approximate surface area is 146 Å². The van der Waals surface area contributed by atoms with Gasteiger partial charge >= 0.3 is 0 Å². The molecule has 0 bridgehead atoms. The number of nitrogens with one attached hydrogen (secondary N) is 1. The number of furan rings is 1. The highest BCUT2D eigenvalue weighted by molar-refractivity contribution is 5.91. The largest absolute Gasteiger partial charge is 0.454 e. The number of amides is 1. The smallest absolute Gasteiger partial charge is 0.287 e. The van der Waals surface area contributed by atoms with Crippen molar-refractivity contribution in [1.29, 1.82) is 0 Å². The van der Waals surface area contributed by atoms with Crippen LogP contribution in [0.5, 0.6) is 0 Å². The Kier molecular flexibility index (Phi) is 5.67. The Hall–Kier alpha value is -2.38. The first-order valence-electron chi connectivity index (χ1n) is 8.47. The summed E-state index contributed by atoms with van der Waals surface area (Å²) in [6.07, 6.45) is 1.69. The highest BCUT2D eigenvalue weighted by Crippen LogP contribution is 2.09. The molecule has 0 saturated carbocycles. The summed E-state index contributed by atoms with van der Waals surface area (Å²) in [5.74, 6) is 0.583. The molecule has 0 radical (unpaired) electrons. The number of pyridine rings is 1. The van der Waals surface area contributed by atoms with E-state index in [0.717, 1.165) is 32.8 Å². The Morgan fingerprint density at radius 3 is 2.80 bits per heavy atom. The van der Waals surface area contributed by atoms with E-state index in [0.29, 0.717) is 12.3 Å². The molecule has 0 spiro atoms. The molecule has 1 aliphatic heterocycles. The van der Waals surface area contributed by atoms with Gasteiger partial charge in [-0.2, -0.15) is 0 Å². The molecule has 0 unspecified atom stereocenters. The van der Waals surface area contributed by atoms with Crippen LogP contribution in [-0.4, -0.2) is 54.3 Å². The lowest BCUT2D eigenvalue weighted by atomic mass is 10.2. The molecule has 1 aliphatic rings. The van der Waals surface area contributed by atoms with Gasteiger partial charge < -0.3 is 19.0 Å². The molecule has 25 heavy (non-hydrogen) atoms. The van der Waals surface area contributed by atoms with Gasteiger partial charge in [-0.05, 0) is 25.1 Å². The highest BCUT2D eigenvalue weighted by Gasteiger charge is 2.18. The summed E-state index contributed by atoms with van der Waals surface area (Å²) in [5, 5.41) is 2.95. The molecule has 3 heterocycles. The third kappa shape index (κ3) is 4.80. The molecular formula is C18H23N3O4.